The van der Waals surface area contributed by atoms with E-state index < -0.39 is 5.82 Å². The third kappa shape index (κ3) is 3.99. The molecule has 0 aromatic heterocycles. The minimum atomic E-state index is -0.443. The summed E-state index contributed by atoms with van der Waals surface area (Å²) in [7, 11) is 0. The van der Waals surface area contributed by atoms with Crippen LogP contribution in [-0.4, -0.2) is 5.91 Å². The van der Waals surface area contributed by atoms with Gasteiger partial charge in [0.1, 0.15) is 5.82 Å². The van der Waals surface area contributed by atoms with Crippen LogP contribution in [0.4, 0.5) is 10.1 Å². The van der Waals surface area contributed by atoms with Gasteiger partial charge in [0.2, 0.25) is 5.91 Å². The summed E-state index contributed by atoms with van der Waals surface area (Å²) in [5.74, 6) is -0.897. The summed E-state index contributed by atoms with van der Waals surface area (Å²) >= 11 is 11.8. The molecular weight excluding hydrogens is 324 g/mol. The van der Waals surface area contributed by atoms with E-state index in [-0.39, 0.29) is 22.8 Å². The van der Waals surface area contributed by atoms with Crippen LogP contribution in [0.3, 0.4) is 0 Å². The quantitative estimate of drug-likeness (QED) is 0.781. The fourth-order valence-corrected chi connectivity index (χ4v) is 2.65. The topological polar surface area (TPSA) is 29.1 Å². The lowest BCUT2D eigenvalue weighted by molar-refractivity contribution is -0.118. The van der Waals surface area contributed by atoms with Gasteiger partial charge in [-0.1, -0.05) is 49.2 Å². The molecule has 0 aliphatic heterocycles. The maximum atomic E-state index is 13.1. The lowest BCUT2D eigenvalue weighted by Crippen LogP contribution is -2.25. The first-order valence-corrected chi connectivity index (χ1v) is 7.65. The number of carbonyl (C=O) groups is 1. The van der Waals surface area contributed by atoms with E-state index >= 15 is 0 Å². The van der Waals surface area contributed by atoms with Gasteiger partial charge in [-0.25, -0.2) is 4.39 Å². The minimum absolute atomic E-state index is 0.0837. The van der Waals surface area contributed by atoms with Gasteiger partial charge in [0.25, 0.3) is 0 Å². The summed E-state index contributed by atoms with van der Waals surface area (Å²) in [5.41, 5.74) is 1.27. The van der Waals surface area contributed by atoms with E-state index in [2.05, 4.69) is 5.32 Å². The molecule has 2 aromatic rings. The van der Waals surface area contributed by atoms with Crippen molar-refractivity contribution in [2.24, 2.45) is 5.92 Å². The van der Waals surface area contributed by atoms with Gasteiger partial charge >= 0.3 is 0 Å². The Labute approximate surface area is 139 Å². The second-order valence-electron chi connectivity index (χ2n) is 5.39. The Hall–Kier alpha value is -1.58. The third-order valence-electron chi connectivity index (χ3n) is 3.37. The number of hydrogen-bond donors (Lipinski definition) is 1. The van der Waals surface area contributed by atoms with Crippen molar-refractivity contribution >= 4 is 34.8 Å². The maximum Gasteiger partial charge on any atom is 0.232 e. The average molecular weight is 340 g/mol. The number of amides is 1. The van der Waals surface area contributed by atoms with Crippen molar-refractivity contribution in [1.29, 1.82) is 0 Å². The fourth-order valence-electron chi connectivity index (χ4n) is 2.31. The van der Waals surface area contributed by atoms with Crippen molar-refractivity contribution in [3.8, 4) is 0 Å². The monoisotopic (exact) mass is 339 g/mol. The van der Waals surface area contributed by atoms with Crippen molar-refractivity contribution in [2.75, 3.05) is 5.32 Å². The Morgan fingerprint density at radius 1 is 1.09 bits per heavy atom. The summed E-state index contributed by atoms with van der Waals surface area (Å²) in [6.07, 6.45) is 0. The van der Waals surface area contributed by atoms with Gasteiger partial charge in [0.05, 0.1) is 16.6 Å². The molecule has 22 heavy (non-hydrogen) atoms. The molecule has 1 unspecified atom stereocenters. The molecule has 2 nitrogen and oxygen atoms in total. The number of nitrogens with one attached hydrogen (secondary N) is 1. The molecule has 5 heteroatoms. The second kappa shape index (κ2) is 7.12. The summed E-state index contributed by atoms with van der Waals surface area (Å²) in [4.78, 5) is 12.6. The maximum absolute atomic E-state index is 13.1. The van der Waals surface area contributed by atoms with Crippen LogP contribution in [0, 0.1) is 11.7 Å². The lowest BCUT2D eigenvalue weighted by Gasteiger charge is -2.21. The SMILES string of the molecule is CC(C)C(C(=O)Nc1ccc(F)cc1Cl)c1ccc(Cl)cc1. The first kappa shape index (κ1) is 16.8. The van der Waals surface area contributed by atoms with Crippen LogP contribution in [0.1, 0.15) is 25.3 Å². The fraction of sp³-hybridized carbons (Fsp3) is 0.235. The van der Waals surface area contributed by atoms with Crippen LogP contribution < -0.4 is 5.32 Å². The first-order chi connectivity index (χ1) is 10.4. The van der Waals surface area contributed by atoms with E-state index in [0.717, 1.165) is 5.56 Å². The normalized spacial score (nSPS) is 12.3. The standard InChI is InChI=1S/C17H16Cl2FNO/c1-10(2)16(11-3-5-12(18)6-4-11)17(22)21-15-8-7-13(20)9-14(15)19/h3-10,16H,1-2H3,(H,21,22). The van der Waals surface area contributed by atoms with Crippen molar-refractivity contribution in [2.45, 2.75) is 19.8 Å². The zero-order valence-electron chi connectivity index (χ0n) is 12.2. The minimum Gasteiger partial charge on any atom is -0.324 e. The van der Waals surface area contributed by atoms with Crippen LogP contribution in [0.2, 0.25) is 10.0 Å². The predicted molar refractivity (Wildman–Crippen MR) is 89.1 cm³/mol. The summed E-state index contributed by atoms with van der Waals surface area (Å²) in [5, 5.41) is 3.55. The van der Waals surface area contributed by atoms with Gasteiger partial charge in [-0.15, -0.1) is 0 Å². The van der Waals surface area contributed by atoms with Crippen LogP contribution in [0.5, 0.6) is 0 Å². The van der Waals surface area contributed by atoms with Crippen molar-refractivity contribution < 1.29 is 9.18 Å². The number of benzene rings is 2. The molecule has 2 aromatic carbocycles. The molecule has 0 saturated heterocycles. The number of rotatable bonds is 4. The van der Waals surface area contributed by atoms with Gasteiger partial charge in [-0.3, -0.25) is 4.79 Å². The smallest absolute Gasteiger partial charge is 0.232 e. The summed E-state index contributed by atoms with van der Waals surface area (Å²) < 4.78 is 13.1. The zero-order chi connectivity index (χ0) is 16.3. The van der Waals surface area contributed by atoms with Gasteiger partial charge in [-0.2, -0.15) is 0 Å². The van der Waals surface area contributed by atoms with Crippen molar-refractivity contribution in [1.82, 2.24) is 0 Å². The molecule has 0 aliphatic carbocycles. The van der Waals surface area contributed by atoms with Crippen molar-refractivity contribution in [3.05, 3.63) is 63.9 Å². The molecule has 0 fully saturated rings. The number of halogens is 3. The largest absolute Gasteiger partial charge is 0.324 e. The van der Waals surface area contributed by atoms with Crippen molar-refractivity contribution in [3.63, 3.8) is 0 Å². The van der Waals surface area contributed by atoms with Crippen LogP contribution in [-0.2, 0) is 4.79 Å². The molecule has 1 amide bonds. The van der Waals surface area contributed by atoms with E-state index in [4.69, 9.17) is 23.2 Å². The number of hydrogen-bond acceptors (Lipinski definition) is 1. The molecule has 2 rings (SSSR count). The molecule has 0 spiro atoms. The van der Waals surface area contributed by atoms with Gasteiger partial charge < -0.3 is 5.32 Å². The van der Waals surface area contributed by atoms with Gasteiger partial charge in [0, 0.05) is 5.02 Å². The highest BCUT2D eigenvalue weighted by Gasteiger charge is 2.24. The molecule has 1 N–H and O–H groups in total. The third-order valence-corrected chi connectivity index (χ3v) is 3.93. The van der Waals surface area contributed by atoms with E-state index in [1.54, 1.807) is 12.1 Å². The van der Waals surface area contributed by atoms with Crippen LogP contribution in [0.15, 0.2) is 42.5 Å². The molecule has 0 saturated carbocycles. The summed E-state index contributed by atoms with van der Waals surface area (Å²) in [6.45, 7) is 3.93. The van der Waals surface area contributed by atoms with Crippen LogP contribution in [0.25, 0.3) is 0 Å². The van der Waals surface area contributed by atoms with Gasteiger partial charge in [0.15, 0.2) is 0 Å². The molecular formula is C17H16Cl2FNO. The predicted octanol–water partition coefficient (Wildman–Crippen LogP) is 5.51. The molecule has 1 atom stereocenters. The molecule has 0 radical (unpaired) electrons. The number of carbonyl (C=O) groups excluding carboxylic acids is 1. The molecule has 116 valence electrons. The highest BCUT2D eigenvalue weighted by atomic mass is 35.5. The molecule has 0 heterocycles. The Bertz CT molecular complexity index is 671. The Kier molecular flexibility index (Phi) is 5.43. The van der Waals surface area contributed by atoms with E-state index in [1.165, 1.54) is 18.2 Å². The van der Waals surface area contributed by atoms with E-state index in [0.29, 0.717) is 10.7 Å². The first-order valence-electron chi connectivity index (χ1n) is 6.90. The Morgan fingerprint density at radius 2 is 1.73 bits per heavy atom. The number of anilines is 1. The average Bonchev–Trinajstić information content (AvgIpc) is 2.44. The van der Waals surface area contributed by atoms with Crippen LogP contribution >= 0.6 is 23.2 Å². The molecule has 0 aliphatic rings. The Balaban J connectivity index is 2.25. The molecule has 0 bridgehead atoms. The highest BCUT2D eigenvalue weighted by Crippen LogP contribution is 2.29. The summed E-state index contributed by atoms with van der Waals surface area (Å²) in [6, 6.07) is 11.1. The Morgan fingerprint density at radius 3 is 2.27 bits per heavy atom. The lowest BCUT2D eigenvalue weighted by atomic mass is 9.87. The van der Waals surface area contributed by atoms with E-state index in [1.807, 2.05) is 26.0 Å². The highest BCUT2D eigenvalue weighted by molar-refractivity contribution is 6.33. The van der Waals surface area contributed by atoms with Gasteiger partial charge in [-0.05, 0) is 41.8 Å². The second-order valence-corrected chi connectivity index (χ2v) is 6.23. The van der Waals surface area contributed by atoms with E-state index in [9.17, 15) is 9.18 Å². The zero-order valence-corrected chi connectivity index (χ0v) is 13.8.